The van der Waals surface area contributed by atoms with Gasteiger partial charge in [0.25, 0.3) is 5.91 Å². The van der Waals surface area contributed by atoms with E-state index in [1.165, 1.54) is 11.0 Å². The van der Waals surface area contributed by atoms with Crippen molar-refractivity contribution in [2.24, 2.45) is 11.8 Å². The summed E-state index contributed by atoms with van der Waals surface area (Å²) in [4.78, 5) is 53.9. The van der Waals surface area contributed by atoms with Crippen LogP contribution in [0.3, 0.4) is 0 Å². The first kappa shape index (κ1) is 29.1. The molecule has 13 heteroatoms. The molecule has 3 fully saturated rings. The van der Waals surface area contributed by atoms with Crippen LogP contribution in [0.5, 0.6) is 0 Å². The van der Waals surface area contributed by atoms with Crippen LogP contribution in [0.4, 0.5) is 9.18 Å². The van der Waals surface area contributed by atoms with Gasteiger partial charge in [-0.3, -0.25) is 9.69 Å². The number of alkyl halides is 1. The molecular formula is C26H29Cl2FN2O8. The summed E-state index contributed by atoms with van der Waals surface area (Å²) in [6.07, 6.45) is -0.756. The Labute approximate surface area is 234 Å². The number of halogens is 3. The fourth-order valence-electron chi connectivity index (χ4n) is 5.64. The molecule has 0 bridgehead atoms. The molecule has 2 saturated carbocycles. The second kappa shape index (κ2) is 11.3. The molecule has 4 rings (SSSR count). The fourth-order valence-corrected chi connectivity index (χ4v) is 5.96. The van der Waals surface area contributed by atoms with E-state index in [0.717, 1.165) is 4.90 Å². The highest BCUT2D eigenvalue weighted by atomic mass is 35.5. The van der Waals surface area contributed by atoms with Crippen molar-refractivity contribution >= 4 is 47.1 Å². The van der Waals surface area contributed by atoms with Gasteiger partial charge < -0.3 is 23.8 Å². The number of hydrogen-bond donors (Lipinski definition) is 0. The Kier molecular flexibility index (Phi) is 8.44. The number of cyclic esters (lactones) is 1. The summed E-state index contributed by atoms with van der Waals surface area (Å²) in [6.45, 7) is 6.43. The van der Waals surface area contributed by atoms with E-state index >= 15 is 4.39 Å². The van der Waals surface area contributed by atoms with Gasteiger partial charge in [0, 0.05) is 24.9 Å². The number of fused-ring (bicyclic) bond motifs is 2. The van der Waals surface area contributed by atoms with Crippen molar-refractivity contribution in [1.82, 2.24) is 9.80 Å². The molecule has 0 aromatic heterocycles. The number of rotatable bonds is 10. The van der Waals surface area contributed by atoms with Crippen LogP contribution in [0.25, 0.3) is 0 Å². The van der Waals surface area contributed by atoms with E-state index in [1.54, 1.807) is 32.0 Å². The monoisotopic (exact) mass is 586 g/mol. The maximum Gasteiger partial charge on any atom is 0.413 e. The summed E-state index contributed by atoms with van der Waals surface area (Å²) in [6, 6.07) is 4.83. The van der Waals surface area contributed by atoms with Gasteiger partial charge in [-0.2, -0.15) is 0 Å². The molecule has 0 unspecified atom stereocenters. The van der Waals surface area contributed by atoms with Crippen LogP contribution < -0.4 is 0 Å². The zero-order chi connectivity index (χ0) is 28.5. The number of nitrogens with zero attached hydrogens (tertiary/aromatic N) is 2. The molecule has 2 aliphatic carbocycles. The topological polar surface area (TPSA) is 112 Å². The van der Waals surface area contributed by atoms with Crippen LogP contribution in [0.15, 0.2) is 30.9 Å². The third-order valence-corrected chi connectivity index (χ3v) is 8.29. The van der Waals surface area contributed by atoms with Gasteiger partial charge in [0.15, 0.2) is 18.9 Å². The summed E-state index contributed by atoms with van der Waals surface area (Å²) in [7, 11) is 0. The quantitative estimate of drug-likeness (QED) is 0.232. The molecular weight excluding hydrogens is 558 g/mol. The third-order valence-electron chi connectivity index (χ3n) is 7.55. The molecule has 212 valence electrons. The maximum atomic E-state index is 16.3. The first-order valence-electron chi connectivity index (χ1n) is 12.5. The van der Waals surface area contributed by atoms with E-state index in [1.807, 2.05) is 0 Å². The molecule has 1 spiro atoms. The van der Waals surface area contributed by atoms with Gasteiger partial charge in [-0.1, -0.05) is 41.9 Å². The number of carbonyl (C=O) groups excluding carboxylic acids is 4. The van der Waals surface area contributed by atoms with Gasteiger partial charge in [-0.05, 0) is 38.0 Å². The lowest BCUT2D eigenvalue weighted by Gasteiger charge is -2.37. The van der Waals surface area contributed by atoms with Crippen LogP contribution >= 0.6 is 23.2 Å². The lowest BCUT2D eigenvalue weighted by Crippen LogP contribution is -2.62. The Morgan fingerprint density at radius 1 is 1.23 bits per heavy atom. The van der Waals surface area contributed by atoms with E-state index in [2.05, 4.69) is 6.58 Å². The van der Waals surface area contributed by atoms with E-state index in [0.29, 0.717) is 28.7 Å². The predicted octanol–water partition coefficient (Wildman–Crippen LogP) is 3.53. The largest absolute Gasteiger partial charge is 0.453 e. The molecule has 0 radical (unpaired) electrons. The van der Waals surface area contributed by atoms with Gasteiger partial charge >= 0.3 is 18.0 Å². The highest BCUT2D eigenvalue weighted by molar-refractivity contribution is 6.42. The first-order valence-corrected chi connectivity index (χ1v) is 13.2. The van der Waals surface area contributed by atoms with Gasteiger partial charge in [-0.15, -0.1) is 0 Å². The summed E-state index contributed by atoms with van der Waals surface area (Å²) in [5, 5.41) is 0.635. The van der Waals surface area contributed by atoms with E-state index in [-0.39, 0.29) is 19.6 Å². The zero-order valence-electron chi connectivity index (χ0n) is 21.5. The second-order valence-electron chi connectivity index (χ2n) is 9.46. The van der Waals surface area contributed by atoms with Crippen molar-refractivity contribution in [2.45, 2.75) is 44.2 Å². The van der Waals surface area contributed by atoms with Crippen molar-refractivity contribution in [2.75, 3.05) is 33.0 Å². The smallest absolute Gasteiger partial charge is 0.413 e. The summed E-state index contributed by atoms with van der Waals surface area (Å²) >= 11 is 12.1. The van der Waals surface area contributed by atoms with Gasteiger partial charge in [0.05, 0.1) is 22.8 Å². The fraction of sp³-hybridized carbons (Fsp3) is 0.538. The SMILES string of the molecule is C=CCOC(=O)N1COC(=O)[C@@]12[C@H](OCc1ccc(Cl)c(Cl)c1)C[C@@H]1[C@H]2[C@@]1(F)C(=O)OCC(=O)N(CC)CC. The Morgan fingerprint density at radius 3 is 2.59 bits per heavy atom. The first-order chi connectivity index (χ1) is 18.6. The number of likely N-dealkylation sites (N-methyl/N-ethyl adjacent to an activating group) is 1. The molecule has 1 saturated heterocycles. The standard InChI is InChI=1S/C26H29Cl2FN2O8/c1-4-9-36-24(35)31-14-39-23(34)26(31)19(37-12-15-7-8-17(27)18(28)10-15)11-16-21(26)25(16,29)22(33)38-13-20(32)30(5-2)6-3/h4,7-8,10,16,19,21H,1,5-6,9,11-14H2,2-3H3/t16-,19-,21+,25-,26+/m1/s1. The van der Waals surface area contributed by atoms with Crippen molar-refractivity contribution in [3.63, 3.8) is 0 Å². The average Bonchev–Trinajstić information content (AvgIpc) is 3.19. The highest BCUT2D eigenvalue weighted by Gasteiger charge is 2.89. The number of amides is 2. The predicted molar refractivity (Wildman–Crippen MR) is 136 cm³/mol. The minimum absolute atomic E-state index is 0.0479. The molecule has 2 amide bonds. The summed E-state index contributed by atoms with van der Waals surface area (Å²) < 4.78 is 37.8. The Bertz CT molecular complexity index is 1180. The molecule has 3 aliphatic rings. The van der Waals surface area contributed by atoms with Crippen molar-refractivity contribution in [1.29, 1.82) is 0 Å². The number of esters is 2. The molecule has 1 aromatic carbocycles. The van der Waals surface area contributed by atoms with E-state index in [9.17, 15) is 19.2 Å². The van der Waals surface area contributed by atoms with Gasteiger partial charge in [-0.25, -0.2) is 18.8 Å². The second-order valence-corrected chi connectivity index (χ2v) is 10.3. The lowest BCUT2D eigenvalue weighted by atomic mass is 9.86. The molecule has 0 N–H and O–H groups in total. The van der Waals surface area contributed by atoms with E-state index in [4.69, 9.17) is 42.1 Å². The summed E-state index contributed by atoms with van der Waals surface area (Å²) in [5.41, 5.74) is -4.00. The van der Waals surface area contributed by atoms with Crippen molar-refractivity contribution < 1.29 is 42.5 Å². The highest BCUT2D eigenvalue weighted by Crippen LogP contribution is 2.70. The van der Waals surface area contributed by atoms with Crippen LogP contribution in [0.2, 0.25) is 10.0 Å². The average molecular weight is 587 g/mol. The van der Waals surface area contributed by atoms with Gasteiger partial charge in [0.1, 0.15) is 6.61 Å². The minimum Gasteiger partial charge on any atom is -0.453 e. The molecule has 1 aromatic rings. The van der Waals surface area contributed by atoms with Crippen LogP contribution in [-0.2, 0) is 39.9 Å². The van der Waals surface area contributed by atoms with Crippen molar-refractivity contribution in [3.8, 4) is 0 Å². The molecule has 5 atom stereocenters. The zero-order valence-corrected chi connectivity index (χ0v) is 23.0. The van der Waals surface area contributed by atoms with Crippen LogP contribution in [0, 0.1) is 11.8 Å². The molecule has 1 heterocycles. The normalized spacial score (nSPS) is 28.6. The Balaban J connectivity index is 1.60. The molecule has 39 heavy (non-hydrogen) atoms. The van der Waals surface area contributed by atoms with E-state index < -0.39 is 66.4 Å². The maximum absolute atomic E-state index is 16.3. The molecule has 1 aliphatic heterocycles. The summed E-state index contributed by atoms with van der Waals surface area (Å²) in [5.74, 6) is -5.02. The number of benzene rings is 1. The van der Waals surface area contributed by atoms with Crippen molar-refractivity contribution in [3.05, 3.63) is 46.5 Å². The minimum atomic E-state index is -2.63. The van der Waals surface area contributed by atoms with Gasteiger partial charge in [0.2, 0.25) is 5.67 Å². The number of hydrogen-bond acceptors (Lipinski definition) is 8. The van der Waals surface area contributed by atoms with Crippen LogP contribution in [-0.4, -0.2) is 84.1 Å². The Hall–Kier alpha value is -2.89. The third kappa shape index (κ3) is 4.85. The Morgan fingerprint density at radius 2 is 1.95 bits per heavy atom. The molecule has 10 nitrogen and oxygen atoms in total. The number of ether oxygens (including phenoxy) is 4. The lowest BCUT2D eigenvalue weighted by molar-refractivity contribution is -0.164. The number of carbonyl (C=O) groups is 4. The van der Waals surface area contributed by atoms with Crippen LogP contribution in [0.1, 0.15) is 25.8 Å².